The average Bonchev–Trinajstić information content (AvgIpc) is 3.69. The van der Waals surface area contributed by atoms with Gasteiger partial charge in [0, 0.05) is 10.3 Å². The summed E-state index contributed by atoms with van der Waals surface area (Å²) in [6.07, 6.45) is 0. The predicted octanol–water partition coefficient (Wildman–Crippen LogP) is 7.07. The maximum atomic E-state index is 13.9. The van der Waals surface area contributed by atoms with Crippen molar-refractivity contribution in [1.82, 2.24) is 4.90 Å². The fourth-order valence-corrected chi connectivity index (χ4v) is 5.48. The van der Waals surface area contributed by atoms with E-state index in [1.807, 2.05) is 53.9 Å². The van der Waals surface area contributed by atoms with Gasteiger partial charge in [-0.25, -0.2) is 0 Å². The van der Waals surface area contributed by atoms with E-state index in [4.69, 9.17) is 13.9 Å². The van der Waals surface area contributed by atoms with Gasteiger partial charge in [-0.15, -0.1) is 11.3 Å². The van der Waals surface area contributed by atoms with Crippen molar-refractivity contribution in [2.75, 3.05) is 7.11 Å². The first-order chi connectivity index (χ1) is 19.0. The smallest absolute Gasteiger partial charge is 0.290 e. The number of aliphatic hydroxyl groups is 1. The van der Waals surface area contributed by atoms with Crippen molar-refractivity contribution in [3.63, 3.8) is 0 Å². The average molecular weight is 538 g/mol. The number of amides is 1. The number of ether oxygens (including phenoxy) is 2. The number of thiophene rings is 1. The van der Waals surface area contributed by atoms with Crippen molar-refractivity contribution in [1.29, 1.82) is 0 Å². The molecule has 6 rings (SSSR count). The number of para-hydroxylation sites is 2. The lowest BCUT2D eigenvalue weighted by Crippen LogP contribution is -2.30. The number of ketones is 1. The molecule has 2 aromatic heterocycles. The van der Waals surface area contributed by atoms with Crippen LogP contribution in [0.25, 0.3) is 11.0 Å². The Hall–Kier alpha value is -4.82. The minimum Gasteiger partial charge on any atom is -0.503 e. The Morgan fingerprint density at radius 2 is 1.77 bits per heavy atom. The quantitative estimate of drug-likeness (QED) is 0.213. The number of hydrogen-bond donors (Lipinski definition) is 1. The van der Waals surface area contributed by atoms with Crippen molar-refractivity contribution in [3.05, 3.63) is 124 Å². The summed E-state index contributed by atoms with van der Waals surface area (Å²) in [6, 6.07) is 26.4. The molecule has 1 atom stereocenters. The number of benzene rings is 3. The zero-order valence-corrected chi connectivity index (χ0v) is 21.7. The zero-order valence-electron chi connectivity index (χ0n) is 20.9. The fraction of sp³-hybridized carbons (Fsp3) is 0.0968. The Morgan fingerprint density at radius 3 is 2.54 bits per heavy atom. The van der Waals surface area contributed by atoms with Crippen molar-refractivity contribution in [3.8, 4) is 17.2 Å². The number of carbonyl (C=O) groups excluding carboxylic acids is 2. The first-order valence-corrected chi connectivity index (χ1v) is 13.1. The second-order valence-electron chi connectivity index (χ2n) is 8.98. The van der Waals surface area contributed by atoms with E-state index in [9.17, 15) is 14.7 Å². The molecule has 8 heteroatoms. The number of fused-ring (bicyclic) bond motifs is 1. The van der Waals surface area contributed by atoms with Crippen molar-refractivity contribution in [2.45, 2.75) is 12.6 Å². The lowest BCUT2D eigenvalue weighted by molar-refractivity contribution is -0.130. The summed E-state index contributed by atoms with van der Waals surface area (Å²) in [5, 5.41) is 13.7. The van der Waals surface area contributed by atoms with Gasteiger partial charge >= 0.3 is 0 Å². The molecule has 3 aromatic carbocycles. The van der Waals surface area contributed by atoms with Gasteiger partial charge in [0.1, 0.15) is 11.5 Å². The van der Waals surface area contributed by atoms with Crippen LogP contribution in [0.5, 0.6) is 17.2 Å². The van der Waals surface area contributed by atoms with Crippen LogP contribution >= 0.6 is 11.3 Å². The number of methoxy groups -OCH3 is 1. The van der Waals surface area contributed by atoms with Crippen LogP contribution < -0.4 is 9.47 Å². The summed E-state index contributed by atoms with van der Waals surface area (Å²) in [5.41, 5.74) is 0.985. The molecule has 194 valence electrons. The van der Waals surface area contributed by atoms with E-state index in [1.165, 1.54) is 23.3 Å². The van der Waals surface area contributed by atoms with Gasteiger partial charge in [-0.1, -0.05) is 48.5 Å². The summed E-state index contributed by atoms with van der Waals surface area (Å²) < 4.78 is 17.3. The van der Waals surface area contributed by atoms with Crippen LogP contribution in [-0.2, 0) is 11.3 Å². The second kappa shape index (κ2) is 10.2. The largest absolute Gasteiger partial charge is 0.503 e. The standard InChI is InChI=1S/C31H23NO6S/c1-36-24-14-6-9-20-17-25(38-30(20)24)28(33)26-27(32(31(35)29(26)34)18-23-13-7-15-39-23)19-8-5-12-22(16-19)37-21-10-3-2-4-11-21/h2-17,27,34H,18H2,1H3. The highest BCUT2D eigenvalue weighted by molar-refractivity contribution is 7.09. The fourth-order valence-electron chi connectivity index (χ4n) is 4.78. The summed E-state index contributed by atoms with van der Waals surface area (Å²) in [6.45, 7) is 0.222. The number of carbonyl (C=O) groups is 2. The molecule has 0 radical (unpaired) electrons. The monoisotopic (exact) mass is 537 g/mol. The molecule has 0 bridgehead atoms. The molecule has 5 aromatic rings. The topological polar surface area (TPSA) is 89.2 Å². The highest BCUT2D eigenvalue weighted by Crippen LogP contribution is 2.42. The van der Waals surface area contributed by atoms with E-state index in [-0.39, 0.29) is 17.9 Å². The molecule has 0 spiro atoms. The lowest BCUT2D eigenvalue weighted by Gasteiger charge is -2.26. The van der Waals surface area contributed by atoms with Gasteiger partial charge in [-0.2, -0.15) is 0 Å². The van der Waals surface area contributed by atoms with E-state index < -0.39 is 23.5 Å². The molecule has 1 unspecified atom stereocenters. The molecule has 3 heterocycles. The van der Waals surface area contributed by atoms with Crippen molar-refractivity contribution < 1.29 is 28.6 Å². The third-order valence-electron chi connectivity index (χ3n) is 6.56. The molecule has 0 aliphatic carbocycles. The lowest BCUT2D eigenvalue weighted by atomic mass is 9.94. The highest BCUT2D eigenvalue weighted by Gasteiger charge is 2.44. The second-order valence-corrected chi connectivity index (χ2v) is 10.0. The summed E-state index contributed by atoms with van der Waals surface area (Å²) >= 11 is 1.49. The normalized spacial score (nSPS) is 15.3. The van der Waals surface area contributed by atoms with Crippen LogP contribution in [0, 0.1) is 0 Å². The number of nitrogens with zero attached hydrogens (tertiary/aromatic N) is 1. The van der Waals surface area contributed by atoms with Gasteiger partial charge < -0.3 is 23.9 Å². The third kappa shape index (κ3) is 4.55. The Morgan fingerprint density at radius 1 is 0.974 bits per heavy atom. The maximum Gasteiger partial charge on any atom is 0.290 e. The Kier molecular flexibility index (Phi) is 6.38. The Labute approximate surface area is 228 Å². The van der Waals surface area contributed by atoms with Crippen LogP contribution in [-0.4, -0.2) is 28.8 Å². The molecule has 0 saturated heterocycles. The van der Waals surface area contributed by atoms with Crippen molar-refractivity contribution >= 4 is 34.0 Å². The zero-order chi connectivity index (χ0) is 26.9. The number of furan rings is 1. The number of aliphatic hydroxyl groups excluding tert-OH is 1. The minimum atomic E-state index is -0.860. The summed E-state index contributed by atoms with van der Waals surface area (Å²) in [7, 11) is 1.52. The molecular weight excluding hydrogens is 514 g/mol. The van der Waals surface area contributed by atoms with Crippen LogP contribution in [0.15, 0.2) is 112 Å². The highest BCUT2D eigenvalue weighted by atomic mass is 32.1. The summed E-state index contributed by atoms with van der Waals surface area (Å²) in [4.78, 5) is 29.7. The van der Waals surface area contributed by atoms with Gasteiger partial charge in [0.2, 0.25) is 5.78 Å². The van der Waals surface area contributed by atoms with E-state index in [1.54, 1.807) is 42.5 Å². The maximum absolute atomic E-state index is 13.9. The number of Topliss-reactive ketones (excluding diaryl/α,β-unsaturated/α-hetero) is 1. The first-order valence-electron chi connectivity index (χ1n) is 12.2. The third-order valence-corrected chi connectivity index (χ3v) is 7.42. The molecule has 1 amide bonds. The van der Waals surface area contributed by atoms with Crippen molar-refractivity contribution in [2.24, 2.45) is 0 Å². The molecular formula is C31H23NO6S. The Balaban J connectivity index is 1.43. The van der Waals surface area contributed by atoms with E-state index in [2.05, 4.69) is 0 Å². The van der Waals surface area contributed by atoms with Crippen LogP contribution in [0.1, 0.15) is 27.0 Å². The molecule has 1 N–H and O–H groups in total. The van der Waals surface area contributed by atoms with E-state index >= 15 is 0 Å². The van der Waals surface area contributed by atoms with Gasteiger partial charge in [-0.3, -0.25) is 9.59 Å². The molecule has 0 fully saturated rings. The number of hydrogen-bond acceptors (Lipinski definition) is 7. The summed E-state index contributed by atoms with van der Waals surface area (Å²) in [5.74, 6) is -0.125. The molecule has 7 nitrogen and oxygen atoms in total. The van der Waals surface area contributed by atoms with Crippen LogP contribution in [0.2, 0.25) is 0 Å². The molecule has 1 aliphatic heterocycles. The van der Waals surface area contributed by atoms with E-state index in [0.717, 1.165) is 4.88 Å². The van der Waals surface area contributed by atoms with Gasteiger partial charge in [0.25, 0.3) is 5.91 Å². The van der Waals surface area contributed by atoms with Gasteiger partial charge in [0.05, 0.1) is 25.3 Å². The SMILES string of the molecule is COc1cccc2cc(C(=O)C3=C(O)C(=O)N(Cc4cccs4)C3c3cccc(Oc4ccccc4)c3)oc12. The Bertz CT molecular complexity index is 1700. The molecule has 0 saturated carbocycles. The van der Waals surface area contributed by atoms with Crippen LogP contribution in [0.3, 0.4) is 0 Å². The predicted molar refractivity (Wildman–Crippen MR) is 147 cm³/mol. The van der Waals surface area contributed by atoms with Gasteiger partial charge in [0.15, 0.2) is 22.9 Å². The minimum absolute atomic E-state index is 0.00325. The molecule has 39 heavy (non-hydrogen) atoms. The first kappa shape index (κ1) is 24.5. The van der Waals surface area contributed by atoms with Gasteiger partial charge in [-0.05, 0) is 53.4 Å². The molecule has 1 aliphatic rings. The number of rotatable bonds is 8. The van der Waals surface area contributed by atoms with E-state index in [0.29, 0.717) is 33.8 Å². The van der Waals surface area contributed by atoms with Crippen LogP contribution in [0.4, 0.5) is 0 Å².